The van der Waals surface area contributed by atoms with Gasteiger partial charge in [0.15, 0.2) is 0 Å². The molecule has 92 valence electrons. The van der Waals surface area contributed by atoms with Crippen LogP contribution in [0.3, 0.4) is 0 Å². The Balaban J connectivity index is 2.16. The van der Waals surface area contributed by atoms with Crippen LogP contribution in [0.1, 0.15) is 44.2 Å². The smallest absolute Gasteiger partial charge is 0.325 e. The van der Waals surface area contributed by atoms with Crippen molar-refractivity contribution in [1.82, 2.24) is 5.32 Å². The van der Waals surface area contributed by atoms with E-state index >= 15 is 0 Å². The standard InChI is InChI=1S/C14H19NO2/c1-14(9-5-6-10-14)15-12(13(16)17)11-7-3-2-4-8-11/h2-4,7-8,12,15H,5-6,9-10H2,1H3,(H,16,17). The summed E-state index contributed by atoms with van der Waals surface area (Å²) in [6, 6.07) is 8.79. The Morgan fingerprint density at radius 1 is 1.29 bits per heavy atom. The molecule has 3 heteroatoms. The van der Waals surface area contributed by atoms with E-state index in [0.29, 0.717) is 0 Å². The summed E-state index contributed by atoms with van der Waals surface area (Å²) in [5, 5.41) is 12.6. The van der Waals surface area contributed by atoms with Crippen LogP contribution in [-0.2, 0) is 4.79 Å². The summed E-state index contributed by atoms with van der Waals surface area (Å²) in [7, 11) is 0. The molecule has 2 rings (SSSR count). The van der Waals surface area contributed by atoms with Crippen molar-refractivity contribution in [3.8, 4) is 0 Å². The number of benzene rings is 1. The lowest BCUT2D eigenvalue weighted by Gasteiger charge is -2.29. The van der Waals surface area contributed by atoms with Gasteiger partial charge in [-0.05, 0) is 25.3 Å². The molecule has 0 amide bonds. The van der Waals surface area contributed by atoms with Crippen LogP contribution in [0.15, 0.2) is 30.3 Å². The lowest BCUT2D eigenvalue weighted by Crippen LogP contribution is -2.44. The molecule has 0 radical (unpaired) electrons. The normalized spacial score (nSPS) is 20.1. The quantitative estimate of drug-likeness (QED) is 0.840. The molecule has 1 aliphatic rings. The number of nitrogens with one attached hydrogen (secondary N) is 1. The number of hydrogen-bond donors (Lipinski definition) is 2. The Hall–Kier alpha value is -1.35. The van der Waals surface area contributed by atoms with Crippen LogP contribution >= 0.6 is 0 Å². The van der Waals surface area contributed by atoms with Gasteiger partial charge in [0.1, 0.15) is 6.04 Å². The van der Waals surface area contributed by atoms with Crippen molar-refractivity contribution < 1.29 is 9.90 Å². The van der Waals surface area contributed by atoms with Crippen molar-refractivity contribution in [2.45, 2.75) is 44.2 Å². The molecule has 0 heterocycles. The van der Waals surface area contributed by atoms with Crippen molar-refractivity contribution in [1.29, 1.82) is 0 Å². The molecule has 1 saturated carbocycles. The fraction of sp³-hybridized carbons (Fsp3) is 0.500. The molecule has 1 atom stereocenters. The second kappa shape index (κ2) is 4.88. The predicted molar refractivity (Wildman–Crippen MR) is 66.8 cm³/mol. The largest absolute Gasteiger partial charge is 0.480 e. The minimum absolute atomic E-state index is 0.0289. The predicted octanol–water partition coefficient (Wildman–Crippen LogP) is 2.73. The summed E-state index contributed by atoms with van der Waals surface area (Å²) in [5.74, 6) is -0.802. The Morgan fingerprint density at radius 2 is 1.88 bits per heavy atom. The van der Waals surface area contributed by atoms with Crippen LogP contribution in [-0.4, -0.2) is 16.6 Å². The molecule has 1 unspecified atom stereocenters. The van der Waals surface area contributed by atoms with Gasteiger partial charge in [0, 0.05) is 5.54 Å². The number of rotatable bonds is 4. The lowest BCUT2D eigenvalue weighted by atomic mass is 9.96. The fourth-order valence-electron chi connectivity index (χ4n) is 2.58. The zero-order valence-corrected chi connectivity index (χ0v) is 10.1. The molecule has 0 spiro atoms. The topological polar surface area (TPSA) is 49.3 Å². The molecule has 0 aliphatic heterocycles. The molecule has 2 N–H and O–H groups in total. The highest BCUT2D eigenvalue weighted by molar-refractivity contribution is 5.75. The fourth-order valence-corrected chi connectivity index (χ4v) is 2.58. The van der Waals surface area contributed by atoms with Gasteiger partial charge >= 0.3 is 5.97 Å². The summed E-state index contributed by atoms with van der Waals surface area (Å²) in [5.41, 5.74) is 0.798. The van der Waals surface area contributed by atoms with E-state index in [4.69, 9.17) is 0 Å². The Kier molecular flexibility index (Phi) is 3.48. The highest BCUT2D eigenvalue weighted by Gasteiger charge is 2.33. The second-order valence-electron chi connectivity index (χ2n) is 5.09. The van der Waals surface area contributed by atoms with E-state index in [1.165, 1.54) is 12.8 Å². The molecule has 3 nitrogen and oxygen atoms in total. The molecule has 1 fully saturated rings. The number of hydrogen-bond acceptors (Lipinski definition) is 2. The van der Waals surface area contributed by atoms with Crippen molar-refractivity contribution in [2.75, 3.05) is 0 Å². The molecular weight excluding hydrogens is 214 g/mol. The summed E-state index contributed by atoms with van der Waals surface area (Å²) in [4.78, 5) is 11.4. The van der Waals surface area contributed by atoms with E-state index in [-0.39, 0.29) is 5.54 Å². The summed E-state index contributed by atoms with van der Waals surface area (Å²) in [6.45, 7) is 2.12. The number of carbonyl (C=O) groups is 1. The van der Waals surface area contributed by atoms with Gasteiger partial charge in [-0.1, -0.05) is 43.2 Å². The third kappa shape index (κ3) is 2.86. The molecule has 17 heavy (non-hydrogen) atoms. The van der Waals surface area contributed by atoms with Gasteiger partial charge in [-0.15, -0.1) is 0 Å². The summed E-state index contributed by atoms with van der Waals surface area (Å²) in [6.07, 6.45) is 4.49. The minimum Gasteiger partial charge on any atom is -0.480 e. The highest BCUT2D eigenvalue weighted by Crippen LogP contribution is 2.31. The van der Waals surface area contributed by atoms with Gasteiger partial charge in [-0.3, -0.25) is 10.1 Å². The molecule has 0 bridgehead atoms. The monoisotopic (exact) mass is 233 g/mol. The molecular formula is C14H19NO2. The van der Waals surface area contributed by atoms with Gasteiger partial charge in [0.25, 0.3) is 0 Å². The lowest BCUT2D eigenvalue weighted by molar-refractivity contribution is -0.140. The maximum absolute atomic E-state index is 11.4. The van der Waals surface area contributed by atoms with E-state index in [9.17, 15) is 9.90 Å². The first-order valence-corrected chi connectivity index (χ1v) is 6.16. The molecule has 0 saturated heterocycles. The first kappa shape index (κ1) is 12.1. The maximum Gasteiger partial charge on any atom is 0.325 e. The van der Waals surface area contributed by atoms with Crippen LogP contribution in [0.2, 0.25) is 0 Å². The third-order valence-corrected chi connectivity index (χ3v) is 3.58. The summed E-state index contributed by atoms with van der Waals surface area (Å²) >= 11 is 0. The Bertz CT molecular complexity index is 382. The third-order valence-electron chi connectivity index (χ3n) is 3.58. The zero-order chi connectivity index (χ0) is 12.3. The maximum atomic E-state index is 11.4. The van der Waals surface area contributed by atoms with E-state index < -0.39 is 12.0 Å². The average molecular weight is 233 g/mol. The van der Waals surface area contributed by atoms with Crippen LogP contribution in [0.4, 0.5) is 0 Å². The van der Waals surface area contributed by atoms with E-state index in [1.807, 2.05) is 30.3 Å². The van der Waals surface area contributed by atoms with Gasteiger partial charge in [0.2, 0.25) is 0 Å². The van der Waals surface area contributed by atoms with Gasteiger partial charge < -0.3 is 5.11 Å². The van der Waals surface area contributed by atoms with Gasteiger partial charge in [-0.2, -0.15) is 0 Å². The Labute approximate surface area is 102 Å². The van der Waals surface area contributed by atoms with Crippen molar-refractivity contribution in [3.05, 3.63) is 35.9 Å². The number of carboxylic acid groups (broad SMARTS) is 1. The van der Waals surface area contributed by atoms with Crippen LogP contribution in [0, 0.1) is 0 Å². The SMILES string of the molecule is CC1(NC(C(=O)O)c2ccccc2)CCCC1. The number of carboxylic acids is 1. The van der Waals surface area contributed by atoms with Crippen LogP contribution in [0.5, 0.6) is 0 Å². The molecule has 0 aromatic heterocycles. The number of aliphatic carboxylic acids is 1. The second-order valence-corrected chi connectivity index (χ2v) is 5.09. The van der Waals surface area contributed by atoms with Gasteiger partial charge in [-0.25, -0.2) is 0 Å². The first-order chi connectivity index (χ1) is 8.11. The van der Waals surface area contributed by atoms with E-state index in [0.717, 1.165) is 18.4 Å². The van der Waals surface area contributed by atoms with Crippen molar-refractivity contribution in [2.24, 2.45) is 0 Å². The van der Waals surface area contributed by atoms with E-state index in [1.54, 1.807) is 0 Å². The van der Waals surface area contributed by atoms with E-state index in [2.05, 4.69) is 12.2 Å². The molecule has 1 aromatic rings. The van der Waals surface area contributed by atoms with Crippen molar-refractivity contribution >= 4 is 5.97 Å². The van der Waals surface area contributed by atoms with Crippen LogP contribution < -0.4 is 5.32 Å². The van der Waals surface area contributed by atoms with Gasteiger partial charge in [0.05, 0.1) is 0 Å². The minimum atomic E-state index is -0.802. The zero-order valence-electron chi connectivity index (χ0n) is 10.1. The molecule has 1 aromatic carbocycles. The first-order valence-electron chi connectivity index (χ1n) is 6.16. The van der Waals surface area contributed by atoms with Crippen LogP contribution in [0.25, 0.3) is 0 Å². The van der Waals surface area contributed by atoms with Crippen molar-refractivity contribution in [3.63, 3.8) is 0 Å². The summed E-state index contributed by atoms with van der Waals surface area (Å²) < 4.78 is 0. The Morgan fingerprint density at radius 3 is 2.41 bits per heavy atom. The highest BCUT2D eigenvalue weighted by atomic mass is 16.4. The average Bonchev–Trinajstić information content (AvgIpc) is 2.74. The molecule has 1 aliphatic carbocycles.